The van der Waals surface area contributed by atoms with Gasteiger partial charge in [-0.2, -0.15) is 0 Å². The quantitative estimate of drug-likeness (QED) is 0.735. The third-order valence-corrected chi connectivity index (χ3v) is 4.20. The number of aromatic amines is 1. The first kappa shape index (κ1) is 18.8. The van der Waals surface area contributed by atoms with Gasteiger partial charge >= 0.3 is 0 Å². The van der Waals surface area contributed by atoms with Crippen LogP contribution in [0.3, 0.4) is 0 Å². The molecule has 0 bridgehead atoms. The molecule has 0 saturated carbocycles. The van der Waals surface area contributed by atoms with Gasteiger partial charge in [0.25, 0.3) is 5.56 Å². The minimum absolute atomic E-state index is 0.00121. The molecule has 3 rings (SSSR count). The summed E-state index contributed by atoms with van der Waals surface area (Å²) in [7, 11) is 0. The highest BCUT2D eigenvalue weighted by atomic mass is 16.5. The van der Waals surface area contributed by atoms with E-state index in [-0.39, 0.29) is 30.0 Å². The summed E-state index contributed by atoms with van der Waals surface area (Å²) < 4.78 is 10.7. The van der Waals surface area contributed by atoms with Crippen molar-refractivity contribution in [2.75, 3.05) is 32.9 Å². The first-order valence-electron chi connectivity index (χ1n) is 8.83. The summed E-state index contributed by atoms with van der Waals surface area (Å²) >= 11 is 0. The molecule has 0 unspecified atom stereocenters. The lowest BCUT2D eigenvalue weighted by atomic mass is 10.2. The predicted octanol–water partition coefficient (Wildman–Crippen LogP) is 1.19. The van der Waals surface area contributed by atoms with Gasteiger partial charge in [-0.1, -0.05) is 12.7 Å². The molecule has 1 aliphatic rings. The summed E-state index contributed by atoms with van der Waals surface area (Å²) in [5.41, 5.74) is 0.648. The third kappa shape index (κ3) is 5.01. The molecule has 0 atom stereocenters. The highest BCUT2D eigenvalue weighted by Gasteiger charge is 2.17. The number of hydrogen-bond acceptors (Lipinski definition) is 6. The van der Waals surface area contributed by atoms with Crippen molar-refractivity contribution in [3.8, 4) is 17.1 Å². The number of amides is 1. The summed E-state index contributed by atoms with van der Waals surface area (Å²) in [6.07, 6.45) is 2.15. The fraction of sp³-hybridized carbons (Fsp3) is 0.368. The van der Waals surface area contributed by atoms with E-state index in [4.69, 9.17) is 9.47 Å². The standard InChI is InChI=1S/C19H22N4O4/c1-2-11-27-15-5-3-14(4-6-15)18-20-19(25)16(21-22-18)7-8-17(24)23-9-12-26-13-10-23/h2-6H,1,7-13H2,(H,20,22,25). The lowest BCUT2D eigenvalue weighted by Gasteiger charge is -2.26. The van der Waals surface area contributed by atoms with Crippen LogP contribution in [0.1, 0.15) is 12.1 Å². The molecule has 1 saturated heterocycles. The number of carbonyl (C=O) groups is 1. The topological polar surface area (TPSA) is 97.4 Å². The summed E-state index contributed by atoms with van der Waals surface area (Å²) in [6, 6.07) is 7.15. The summed E-state index contributed by atoms with van der Waals surface area (Å²) in [6.45, 7) is 6.31. The lowest BCUT2D eigenvalue weighted by molar-refractivity contribution is -0.135. The molecule has 1 aromatic carbocycles. The average Bonchev–Trinajstić information content (AvgIpc) is 2.72. The van der Waals surface area contributed by atoms with E-state index in [0.717, 1.165) is 5.56 Å². The maximum atomic E-state index is 12.3. The van der Waals surface area contributed by atoms with Crippen molar-refractivity contribution in [3.63, 3.8) is 0 Å². The monoisotopic (exact) mass is 370 g/mol. The summed E-state index contributed by atoms with van der Waals surface area (Å²) in [5.74, 6) is 1.07. The second kappa shape index (κ2) is 9.09. The number of benzene rings is 1. The minimum Gasteiger partial charge on any atom is -0.490 e. The third-order valence-electron chi connectivity index (χ3n) is 4.20. The molecule has 8 heteroatoms. The largest absolute Gasteiger partial charge is 0.490 e. The van der Waals surface area contributed by atoms with Crippen molar-refractivity contribution >= 4 is 5.91 Å². The molecular formula is C19H22N4O4. The molecule has 1 aromatic heterocycles. The van der Waals surface area contributed by atoms with Crippen molar-refractivity contribution < 1.29 is 14.3 Å². The van der Waals surface area contributed by atoms with Gasteiger partial charge in [-0.05, 0) is 24.3 Å². The van der Waals surface area contributed by atoms with Crippen LogP contribution < -0.4 is 10.3 Å². The van der Waals surface area contributed by atoms with Gasteiger partial charge in [0.05, 0.1) is 13.2 Å². The summed E-state index contributed by atoms with van der Waals surface area (Å²) in [4.78, 5) is 28.9. The van der Waals surface area contributed by atoms with Crippen LogP contribution in [0.4, 0.5) is 0 Å². The molecule has 0 aliphatic carbocycles. The maximum Gasteiger partial charge on any atom is 0.273 e. The van der Waals surface area contributed by atoms with Crippen molar-refractivity contribution in [1.29, 1.82) is 0 Å². The van der Waals surface area contributed by atoms with Crippen LogP contribution in [0, 0.1) is 0 Å². The van der Waals surface area contributed by atoms with Gasteiger partial charge in [0.2, 0.25) is 5.91 Å². The van der Waals surface area contributed by atoms with Crippen molar-refractivity contribution in [2.24, 2.45) is 0 Å². The molecule has 2 heterocycles. The number of morpholine rings is 1. The fourth-order valence-corrected chi connectivity index (χ4v) is 2.71. The van der Waals surface area contributed by atoms with Crippen LogP contribution in [0.2, 0.25) is 0 Å². The second-order valence-electron chi connectivity index (χ2n) is 6.07. The number of ether oxygens (including phenoxy) is 2. The van der Waals surface area contributed by atoms with Gasteiger partial charge in [-0.3, -0.25) is 9.59 Å². The normalized spacial score (nSPS) is 14.0. The van der Waals surface area contributed by atoms with Gasteiger partial charge in [-0.15, -0.1) is 10.2 Å². The zero-order chi connectivity index (χ0) is 19.1. The van der Waals surface area contributed by atoms with Crippen LogP contribution in [0.25, 0.3) is 11.4 Å². The minimum atomic E-state index is -0.332. The van der Waals surface area contributed by atoms with Gasteiger partial charge < -0.3 is 19.4 Å². The average molecular weight is 370 g/mol. The van der Waals surface area contributed by atoms with E-state index in [1.54, 1.807) is 35.2 Å². The van der Waals surface area contributed by atoms with E-state index in [0.29, 0.717) is 44.5 Å². The van der Waals surface area contributed by atoms with E-state index in [1.165, 1.54) is 0 Å². The molecule has 1 amide bonds. The Morgan fingerprint density at radius 2 is 2.00 bits per heavy atom. The Hall–Kier alpha value is -3.00. The molecule has 0 spiro atoms. The highest BCUT2D eigenvalue weighted by molar-refractivity contribution is 5.76. The first-order valence-corrected chi connectivity index (χ1v) is 8.83. The molecule has 142 valence electrons. The Bertz CT molecular complexity index is 842. The second-order valence-corrected chi connectivity index (χ2v) is 6.07. The van der Waals surface area contributed by atoms with Crippen LogP contribution in [0.15, 0.2) is 41.7 Å². The molecular weight excluding hydrogens is 348 g/mol. The van der Waals surface area contributed by atoms with E-state index < -0.39 is 0 Å². The van der Waals surface area contributed by atoms with Crippen molar-refractivity contribution in [3.05, 3.63) is 53.0 Å². The molecule has 1 N–H and O–H groups in total. The Labute approximate surface area is 156 Å². The van der Waals surface area contributed by atoms with Crippen molar-refractivity contribution in [1.82, 2.24) is 20.1 Å². The van der Waals surface area contributed by atoms with Gasteiger partial charge in [0, 0.05) is 31.5 Å². The molecule has 1 fully saturated rings. The Balaban J connectivity index is 1.62. The van der Waals surface area contributed by atoms with E-state index in [2.05, 4.69) is 21.8 Å². The number of H-pyrrole nitrogens is 1. The zero-order valence-electron chi connectivity index (χ0n) is 15.0. The number of nitrogens with one attached hydrogen (secondary N) is 1. The number of nitrogens with zero attached hydrogens (tertiary/aromatic N) is 3. The Morgan fingerprint density at radius 3 is 2.67 bits per heavy atom. The number of aromatic nitrogens is 3. The van der Waals surface area contributed by atoms with Crippen LogP contribution >= 0.6 is 0 Å². The Kier molecular flexibility index (Phi) is 6.32. The molecule has 0 radical (unpaired) electrons. The van der Waals surface area contributed by atoms with Crippen molar-refractivity contribution in [2.45, 2.75) is 12.8 Å². The Morgan fingerprint density at radius 1 is 1.26 bits per heavy atom. The molecule has 2 aromatic rings. The summed E-state index contributed by atoms with van der Waals surface area (Å²) in [5, 5.41) is 8.09. The van der Waals surface area contributed by atoms with E-state index >= 15 is 0 Å². The predicted molar refractivity (Wildman–Crippen MR) is 99.5 cm³/mol. The lowest BCUT2D eigenvalue weighted by Crippen LogP contribution is -2.41. The van der Waals surface area contributed by atoms with E-state index in [9.17, 15) is 9.59 Å². The highest BCUT2D eigenvalue weighted by Crippen LogP contribution is 2.18. The van der Waals surface area contributed by atoms with Crippen LogP contribution in [-0.4, -0.2) is 58.9 Å². The number of hydrogen-bond donors (Lipinski definition) is 1. The first-order chi connectivity index (χ1) is 13.2. The number of carbonyl (C=O) groups excluding carboxylic acids is 1. The van der Waals surface area contributed by atoms with Gasteiger partial charge in [-0.25, -0.2) is 0 Å². The number of aryl methyl sites for hydroxylation is 1. The van der Waals surface area contributed by atoms with Gasteiger partial charge in [0.1, 0.15) is 18.1 Å². The van der Waals surface area contributed by atoms with Crippen LogP contribution in [0.5, 0.6) is 5.75 Å². The van der Waals surface area contributed by atoms with Crippen LogP contribution in [-0.2, 0) is 16.0 Å². The van der Waals surface area contributed by atoms with E-state index in [1.807, 2.05) is 0 Å². The SMILES string of the molecule is C=CCOc1ccc(-c2nnc(CCC(=O)N3CCOCC3)c(=O)[nH]2)cc1. The number of rotatable bonds is 7. The molecule has 8 nitrogen and oxygen atoms in total. The zero-order valence-corrected chi connectivity index (χ0v) is 15.0. The molecule has 1 aliphatic heterocycles. The maximum absolute atomic E-state index is 12.3. The smallest absolute Gasteiger partial charge is 0.273 e. The fourth-order valence-electron chi connectivity index (χ4n) is 2.71. The molecule has 27 heavy (non-hydrogen) atoms. The van der Waals surface area contributed by atoms with Gasteiger partial charge in [0.15, 0.2) is 5.82 Å².